The fraction of sp³-hybridized carbons (Fsp3) is 0.500. The van der Waals surface area contributed by atoms with E-state index in [1.165, 1.54) is 7.48 Å². The quantitative estimate of drug-likeness (QED) is 0.246. The van der Waals surface area contributed by atoms with Crippen LogP contribution in [0.2, 0.25) is 5.82 Å². The zero-order chi connectivity index (χ0) is 7.82. The van der Waals surface area contributed by atoms with E-state index in [0.29, 0.717) is 6.42 Å². The summed E-state index contributed by atoms with van der Waals surface area (Å²) in [6.07, 6.45) is 3.07. The molecule has 4 heteroatoms. The molecule has 2 N–H and O–H groups in total. The number of nitrogens with two attached hydrogens (primary N) is 1. The van der Waals surface area contributed by atoms with Gasteiger partial charge in [-0.2, -0.15) is 0 Å². The van der Waals surface area contributed by atoms with Gasteiger partial charge in [-0.25, -0.2) is 0 Å². The molecule has 1 radical (unpaired) electrons. The van der Waals surface area contributed by atoms with Gasteiger partial charge in [-0.1, -0.05) is 6.08 Å². The van der Waals surface area contributed by atoms with E-state index in [1.807, 2.05) is 0 Å². The van der Waals surface area contributed by atoms with Crippen molar-refractivity contribution in [3.05, 3.63) is 12.7 Å². The molecule has 0 aromatic carbocycles. The van der Waals surface area contributed by atoms with E-state index in [9.17, 15) is 4.79 Å². The van der Waals surface area contributed by atoms with Crippen LogP contribution < -0.4 is 5.73 Å². The second-order valence-electron chi connectivity index (χ2n) is 1.79. The smallest absolute Gasteiger partial charge is 0.305 e. The summed E-state index contributed by atoms with van der Waals surface area (Å²) >= 11 is 0. The van der Waals surface area contributed by atoms with Crippen molar-refractivity contribution >= 4 is 13.8 Å². The molecule has 3 nitrogen and oxygen atoms in total. The number of hydrogen-bond acceptors (Lipinski definition) is 3. The fourth-order valence-electron chi connectivity index (χ4n) is 0.515. The van der Waals surface area contributed by atoms with Gasteiger partial charge in [0.15, 0.2) is 0 Å². The third-order valence-corrected chi connectivity index (χ3v) is 0.981. The van der Waals surface area contributed by atoms with Crippen LogP contribution in [-0.4, -0.2) is 20.5 Å². The molecule has 0 aliphatic carbocycles. The Hall–Kier alpha value is -0.605. The van der Waals surface area contributed by atoms with E-state index >= 15 is 0 Å². The van der Waals surface area contributed by atoms with Crippen molar-refractivity contribution < 1.29 is 9.45 Å². The predicted octanol–water partition coefficient (Wildman–Crippen LogP) is 0.102. The molecule has 0 saturated heterocycles. The van der Waals surface area contributed by atoms with Gasteiger partial charge in [0, 0.05) is 5.82 Å². The van der Waals surface area contributed by atoms with Crippen LogP contribution in [0, 0.1) is 0 Å². The summed E-state index contributed by atoms with van der Waals surface area (Å²) in [4.78, 5) is 10.2. The van der Waals surface area contributed by atoms with E-state index in [2.05, 4.69) is 6.58 Å². The highest BCUT2D eigenvalue weighted by Crippen LogP contribution is 2.04. The third kappa shape index (κ3) is 4.29. The summed E-state index contributed by atoms with van der Waals surface area (Å²) < 4.78 is 4.71. The van der Waals surface area contributed by atoms with E-state index in [0.717, 1.165) is 6.29 Å². The van der Waals surface area contributed by atoms with Gasteiger partial charge < -0.3 is 15.2 Å². The summed E-state index contributed by atoms with van der Waals surface area (Å²) in [6.45, 7) is 3.60. The molecular formula is C6H11BNO2. The number of carbonyl (C=O) groups excluding carboxylic acids is 1. The molecule has 1 atom stereocenters. The van der Waals surface area contributed by atoms with Crippen LogP contribution in [0.4, 0.5) is 0 Å². The molecule has 55 valence electrons. The van der Waals surface area contributed by atoms with Crippen molar-refractivity contribution in [2.24, 2.45) is 5.73 Å². The lowest BCUT2D eigenvalue weighted by atomic mass is 9.79. The van der Waals surface area contributed by atoms with Gasteiger partial charge in [0.25, 0.3) is 0 Å². The van der Waals surface area contributed by atoms with Crippen LogP contribution in [-0.2, 0) is 9.45 Å². The van der Waals surface area contributed by atoms with Crippen LogP contribution in [0.5, 0.6) is 0 Å². The molecule has 0 fully saturated rings. The van der Waals surface area contributed by atoms with E-state index in [4.69, 9.17) is 10.4 Å². The second-order valence-corrected chi connectivity index (χ2v) is 1.79. The van der Waals surface area contributed by atoms with Crippen molar-refractivity contribution in [2.75, 3.05) is 6.73 Å². The standard InChI is InChI=1S/C6H11BNO2/c1-2-3-6(4-9)7-10-5-8/h2,4,6H,1,3,5,8H2. The van der Waals surface area contributed by atoms with Gasteiger partial charge >= 0.3 is 7.48 Å². The molecule has 0 aromatic heterocycles. The highest BCUT2D eigenvalue weighted by molar-refractivity contribution is 6.35. The van der Waals surface area contributed by atoms with Crippen molar-refractivity contribution in [1.29, 1.82) is 0 Å². The van der Waals surface area contributed by atoms with Crippen molar-refractivity contribution in [1.82, 2.24) is 0 Å². The highest BCUT2D eigenvalue weighted by Gasteiger charge is 2.06. The lowest BCUT2D eigenvalue weighted by Crippen LogP contribution is -2.14. The Balaban J connectivity index is 3.38. The SMILES string of the molecule is C=CCC([B]OCN)C=O. The molecule has 10 heavy (non-hydrogen) atoms. The predicted molar refractivity (Wildman–Crippen MR) is 40.5 cm³/mol. The molecule has 0 rings (SSSR count). The van der Waals surface area contributed by atoms with Gasteiger partial charge in [0.2, 0.25) is 0 Å². The van der Waals surface area contributed by atoms with Gasteiger partial charge in [-0.05, 0) is 6.42 Å². The Morgan fingerprint density at radius 1 is 1.80 bits per heavy atom. The maximum absolute atomic E-state index is 10.2. The summed E-state index contributed by atoms with van der Waals surface area (Å²) in [6, 6.07) is 0. The molecule has 0 aromatic rings. The first-order valence-electron chi connectivity index (χ1n) is 3.06. The Bertz CT molecular complexity index is 108. The van der Waals surface area contributed by atoms with Gasteiger partial charge in [0.1, 0.15) is 6.29 Å². The minimum absolute atomic E-state index is 0.113. The highest BCUT2D eigenvalue weighted by atomic mass is 16.4. The number of aldehydes is 1. The molecule has 1 unspecified atom stereocenters. The molecule has 0 amide bonds. The zero-order valence-electron chi connectivity index (χ0n) is 5.82. The Morgan fingerprint density at radius 2 is 2.50 bits per heavy atom. The molecule has 0 bridgehead atoms. The Labute approximate surface area is 61.5 Å². The summed E-state index contributed by atoms with van der Waals surface area (Å²) in [5.41, 5.74) is 5.03. The Kier molecular flexibility index (Phi) is 6.12. The van der Waals surface area contributed by atoms with Gasteiger partial charge in [-0.3, -0.25) is 0 Å². The normalized spacial score (nSPS) is 12.1. The van der Waals surface area contributed by atoms with Crippen molar-refractivity contribution in [2.45, 2.75) is 12.2 Å². The molecule has 0 aliphatic rings. The summed E-state index contributed by atoms with van der Waals surface area (Å²) in [7, 11) is 1.43. The lowest BCUT2D eigenvalue weighted by Gasteiger charge is -2.02. The first kappa shape index (κ1) is 9.39. The van der Waals surface area contributed by atoms with Crippen LogP contribution in [0.15, 0.2) is 12.7 Å². The van der Waals surface area contributed by atoms with Gasteiger partial charge in [-0.15, -0.1) is 6.58 Å². The van der Waals surface area contributed by atoms with Crippen molar-refractivity contribution in [3.63, 3.8) is 0 Å². The number of hydrogen-bond donors (Lipinski definition) is 1. The van der Waals surface area contributed by atoms with E-state index in [-0.39, 0.29) is 12.5 Å². The van der Waals surface area contributed by atoms with Gasteiger partial charge in [0.05, 0.1) is 6.73 Å². The first-order chi connectivity index (χ1) is 4.85. The number of allylic oxidation sites excluding steroid dienone is 1. The van der Waals surface area contributed by atoms with Crippen LogP contribution in [0.3, 0.4) is 0 Å². The van der Waals surface area contributed by atoms with Crippen LogP contribution in [0.1, 0.15) is 6.42 Å². The number of carbonyl (C=O) groups is 1. The average molecular weight is 140 g/mol. The van der Waals surface area contributed by atoms with E-state index < -0.39 is 0 Å². The first-order valence-corrected chi connectivity index (χ1v) is 3.06. The topological polar surface area (TPSA) is 52.3 Å². The molecule has 0 heterocycles. The minimum atomic E-state index is -0.207. The number of rotatable bonds is 6. The summed E-state index contributed by atoms with van der Waals surface area (Å²) in [5, 5.41) is 0. The fourth-order valence-corrected chi connectivity index (χ4v) is 0.515. The molecule has 0 spiro atoms. The monoisotopic (exact) mass is 140 g/mol. The van der Waals surface area contributed by atoms with Crippen molar-refractivity contribution in [3.8, 4) is 0 Å². The third-order valence-electron chi connectivity index (χ3n) is 0.981. The van der Waals surface area contributed by atoms with E-state index in [1.54, 1.807) is 6.08 Å². The largest absolute Gasteiger partial charge is 0.428 e. The second kappa shape index (κ2) is 6.51. The Morgan fingerprint density at radius 3 is 2.90 bits per heavy atom. The maximum Gasteiger partial charge on any atom is 0.305 e. The zero-order valence-corrected chi connectivity index (χ0v) is 5.82. The average Bonchev–Trinajstić information content (AvgIpc) is 1.98. The molecular weight excluding hydrogens is 129 g/mol. The summed E-state index contributed by atoms with van der Waals surface area (Å²) in [5.74, 6) is -0.207. The van der Waals surface area contributed by atoms with Crippen LogP contribution >= 0.6 is 0 Å². The molecule has 0 aliphatic heterocycles. The molecule has 0 saturated carbocycles. The maximum atomic E-state index is 10.2. The lowest BCUT2D eigenvalue weighted by molar-refractivity contribution is -0.107. The van der Waals surface area contributed by atoms with Crippen LogP contribution in [0.25, 0.3) is 0 Å². The minimum Gasteiger partial charge on any atom is -0.428 e.